The van der Waals surface area contributed by atoms with Crippen molar-refractivity contribution < 1.29 is 9.26 Å². The van der Waals surface area contributed by atoms with Crippen LogP contribution < -0.4 is 4.74 Å². The molecule has 0 fully saturated rings. The van der Waals surface area contributed by atoms with E-state index >= 15 is 0 Å². The van der Waals surface area contributed by atoms with Gasteiger partial charge in [-0.2, -0.15) is 0 Å². The van der Waals surface area contributed by atoms with E-state index in [2.05, 4.69) is 52.3 Å². The third-order valence-electron chi connectivity index (χ3n) is 6.81. The molecule has 37 heavy (non-hydrogen) atoms. The Bertz CT molecular complexity index is 1760. The maximum Gasteiger partial charge on any atom is 0.142 e. The van der Waals surface area contributed by atoms with Crippen molar-refractivity contribution >= 4 is 32.8 Å². The van der Waals surface area contributed by atoms with Gasteiger partial charge >= 0.3 is 0 Å². The molecule has 0 bridgehead atoms. The predicted molar refractivity (Wildman–Crippen MR) is 146 cm³/mol. The lowest BCUT2D eigenvalue weighted by molar-refractivity contribution is 0.393. The van der Waals surface area contributed by atoms with E-state index in [1.807, 2.05) is 44.3 Å². The van der Waals surface area contributed by atoms with Gasteiger partial charge in [-0.15, -0.1) is 0 Å². The summed E-state index contributed by atoms with van der Waals surface area (Å²) >= 11 is 0. The van der Waals surface area contributed by atoms with E-state index < -0.39 is 0 Å². The van der Waals surface area contributed by atoms with E-state index in [-0.39, 0.29) is 0 Å². The summed E-state index contributed by atoms with van der Waals surface area (Å²) in [5.41, 5.74) is 7.28. The Morgan fingerprint density at radius 1 is 1.00 bits per heavy atom. The molecule has 4 heterocycles. The van der Waals surface area contributed by atoms with Gasteiger partial charge in [0.2, 0.25) is 0 Å². The lowest BCUT2D eigenvalue weighted by atomic mass is 9.99. The maximum atomic E-state index is 5.87. The lowest BCUT2D eigenvalue weighted by Crippen LogP contribution is -2.16. The molecule has 6 aromatic rings. The molecule has 1 N–H and O–H groups in total. The summed E-state index contributed by atoms with van der Waals surface area (Å²) in [5, 5.41) is 7.16. The van der Waals surface area contributed by atoms with Gasteiger partial charge in [0, 0.05) is 46.6 Å². The van der Waals surface area contributed by atoms with E-state index in [1.54, 1.807) is 7.11 Å². The molecule has 4 aromatic heterocycles. The number of ether oxygens (including phenoxy) is 1. The van der Waals surface area contributed by atoms with E-state index in [9.17, 15) is 0 Å². The van der Waals surface area contributed by atoms with Crippen molar-refractivity contribution in [1.29, 1.82) is 0 Å². The Hall–Kier alpha value is -4.30. The van der Waals surface area contributed by atoms with Crippen LogP contribution >= 0.6 is 0 Å². The van der Waals surface area contributed by atoms with Gasteiger partial charge in [-0.3, -0.25) is 4.98 Å². The highest BCUT2D eigenvalue weighted by Crippen LogP contribution is 2.42. The van der Waals surface area contributed by atoms with Crippen LogP contribution in [0.3, 0.4) is 0 Å². The minimum absolute atomic E-state index is 0.738. The molecule has 186 valence electrons. The van der Waals surface area contributed by atoms with Crippen LogP contribution in [0.2, 0.25) is 0 Å². The van der Waals surface area contributed by atoms with Crippen molar-refractivity contribution in [1.82, 2.24) is 30.0 Å². The van der Waals surface area contributed by atoms with Crippen molar-refractivity contribution in [3.8, 4) is 28.1 Å². The molecule has 0 atom stereocenters. The van der Waals surface area contributed by atoms with Crippen LogP contribution in [0, 0.1) is 13.8 Å². The number of para-hydroxylation sites is 1. The average Bonchev–Trinajstić information content (AvgIpc) is 3.43. The molecule has 8 nitrogen and oxygen atoms in total. The number of nitrogens with one attached hydrogen (secondary N) is 1. The number of nitrogens with zero attached hydrogens (tertiary/aromatic N) is 5. The molecule has 0 saturated heterocycles. The summed E-state index contributed by atoms with van der Waals surface area (Å²) in [4.78, 5) is 20.4. The average molecular weight is 493 g/mol. The smallest absolute Gasteiger partial charge is 0.142 e. The fourth-order valence-corrected chi connectivity index (χ4v) is 5.03. The zero-order valence-corrected chi connectivity index (χ0v) is 21.6. The Labute approximate surface area is 214 Å². The van der Waals surface area contributed by atoms with Gasteiger partial charge in [-0.25, -0.2) is 9.97 Å². The first-order valence-corrected chi connectivity index (χ1v) is 12.3. The van der Waals surface area contributed by atoms with Gasteiger partial charge in [0.05, 0.1) is 35.0 Å². The quantitative estimate of drug-likeness (QED) is 0.318. The molecular formula is C29H28N6O2. The minimum atomic E-state index is 0.738. The molecule has 0 aliphatic carbocycles. The SMILES string of the molecule is COc1cc2c(cc1-c1c(C)noc1C)[nH]c1nc(CCN(C)C)nc(-c3ccnc4ccccc34)c12. The van der Waals surface area contributed by atoms with E-state index in [0.717, 1.165) is 91.2 Å². The number of aromatic amines is 1. The lowest BCUT2D eigenvalue weighted by Gasteiger charge is -2.12. The fourth-order valence-electron chi connectivity index (χ4n) is 5.03. The Morgan fingerprint density at radius 2 is 1.84 bits per heavy atom. The van der Waals surface area contributed by atoms with E-state index in [4.69, 9.17) is 19.2 Å². The first-order chi connectivity index (χ1) is 17.9. The molecular weight excluding hydrogens is 464 g/mol. The molecule has 0 radical (unpaired) electrons. The van der Waals surface area contributed by atoms with Gasteiger partial charge < -0.3 is 19.1 Å². The number of H-pyrrole nitrogens is 1. The minimum Gasteiger partial charge on any atom is -0.496 e. The number of hydrogen-bond acceptors (Lipinski definition) is 7. The second-order valence-corrected chi connectivity index (χ2v) is 9.56. The topological polar surface area (TPSA) is 93.0 Å². The number of rotatable bonds is 6. The molecule has 2 aromatic carbocycles. The number of likely N-dealkylation sites (N-methyl/N-ethyl adjacent to an activating group) is 1. The van der Waals surface area contributed by atoms with E-state index in [1.165, 1.54) is 0 Å². The van der Waals surface area contributed by atoms with Crippen molar-refractivity contribution in [2.75, 3.05) is 27.7 Å². The number of aromatic nitrogens is 5. The van der Waals surface area contributed by atoms with Gasteiger partial charge in [-0.1, -0.05) is 23.4 Å². The van der Waals surface area contributed by atoms with Crippen LogP contribution in [0.5, 0.6) is 5.75 Å². The molecule has 0 unspecified atom stereocenters. The number of pyridine rings is 1. The van der Waals surface area contributed by atoms with Gasteiger partial charge in [0.15, 0.2) is 0 Å². The van der Waals surface area contributed by atoms with E-state index in [0.29, 0.717) is 0 Å². The number of fused-ring (bicyclic) bond motifs is 4. The Balaban J connectivity index is 1.67. The molecule has 8 heteroatoms. The Morgan fingerprint density at radius 3 is 2.59 bits per heavy atom. The zero-order chi connectivity index (χ0) is 25.7. The summed E-state index contributed by atoms with van der Waals surface area (Å²) in [5.74, 6) is 2.28. The van der Waals surface area contributed by atoms with Crippen LogP contribution in [0.15, 0.2) is 53.2 Å². The van der Waals surface area contributed by atoms with Crippen molar-refractivity contribution in [3.05, 3.63) is 65.9 Å². The summed E-state index contributed by atoms with van der Waals surface area (Å²) in [6, 6.07) is 14.3. The van der Waals surface area contributed by atoms with Crippen molar-refractivity contribution in [2.24, 2.45) is 0 Å². The second-order valence-electron chi connectivity index (χ2n) is 9.56. The van der Waals surface area contributed by atoms with Crippen LogP contribution in [0.1, 0.15) is 17.3 Å². The second kappa shape index (κ2) is 8.97. The standard InChI is InChI=1S/C29H28N6O2/c1-16-26(17(2)37-34-16)21-14-23-20(15-24(21)36-5)27-28(19-10-12-30-22-9-7-6-8-18(19)22)32-25(11-13-35(3)4)33-29(27)31-23/h6-10,12,14-15H,11,13H2,1-5H3,(H,31,32,33). The summed E-state index contributed by atoms with van der Waals surface area (Å²) in [6.45, 7) is 4.71. The largest absolute Gasteiger partial charge is 0.496 e. The van der Waals surface area contributed by atoms with Crippen LogP contribution in [0.25, 0.3) is 55.2 Å². The molecule has 0 saturated carbocycles. The first kappa shape index (κ1) is 23.1. The summed E-state index contributed by atoms with van der Waals surface area (Å²) in [7, 11) is 5.80. The van der Waals surface area contributed by atoms with Crippen LogP contribution in [-0.2, 0) is 6.42 Å². The molecule has 0 aliphatic heterocycles. The highest BCUT2D eigenvalue weighted by molar-refractivity contribution is 6.15. The van der Waals surface area contributed by atoms with Gasteiger partial charge in [0.1, 0.15) is 23.0 Å². The van der Waals surface area contributed by atoms with Crippen molar-refractivity contribution in [2.45, 2.75) is 20.3 Å². The highest BCUT2D eigenvalue weighted by atomic mass is 16.5. The number of methoxy groups -OCH3 is 1. The monoisotopic (exact) mass is 492 g/mol. The fraction of sp³-hybridized carbons (Fsp3) is 0.241. The number of aryl methyl sites for hydroxylation is 2. The summed E-state index contributed by atoms with van der Waals surface area (Å²) < 4.78 is 11.3. The molecule has 0 amide bonds. The first-order valence-electron chi connectivity index (χ1n) is 12.3. The highest BCUT2D eigenvalue weighted by Gasteiger charge is 2.22. The van der Waals surface area contributed by atoms with Crippen LogP contribution in [-0.4, -0.2) is 57.7 Å². The third kappa shape index (κ3) is 3.90. The Kier molecular flexibility index (Phi) is 5.61. The molecule has 0 spiro atoms. The van der Waals surface area contributed by atoms with Crippen LogP contribution in [0.4, 0.5) is 0 Å². The predicted octanol–water partition coefficient (Wildman–Crippen LogP) is 5.71. The third-order valence-corrected chi connectivity index (χ3v) is 6.81. The normalized spacial score (nSPS) is 11.8. The zero-order valence-electron chi connectivity index (χ0n) is 21.6. The number of hydrogen-bond donors (Lipinski definition) is 1. The summed E-state index contributed by atoms with van der Waals surface area (Å²) in [6.07, 6.45) is 2.58. The maximum absolute atomic E-state index is 5.87. The molecule has 0 aliphatic rings. The van der Waals surface area contributed by atoms with Gasteiger partial charge in [0.25, 0.3) is 0 Å². The van der Waals surface area contributed by atoms with Gasteiger partial charge in [-0.05, 0) is 52.2 Å². The molecule has 6 rings (SSSR count). The number of benzene rings is 2. The van der Waals surface area contributed by atoms with Crippen molar-refractivity contribution in [3.63, 3.8) is 0 Å².